The first-order chi connectivity index (χ1) is 7.17. The zero-order valence-corrected chi connectivity index (χ0v) is 8.40. The summed E-state index contributed by atoms with van der Waals surface area (Å²) in [6.45, 7) is 3.30. The van der Waals surface area contributed by atoms with Crippen LogP contribution in [-0.2, 0) is 4.79 Å². The van der Waals surface area contributed by atoms with Gasteiger partial charge in [0.05, 0.1) is 6.21 Å². The van der Waals surface area contributed by atoms with Gasteiger partial charge in [-0.2, -0.15) is 0 Å². The van der Waals surface area contributed by atoms with Gasteiger partial charge in [0.1, 0.15) is 11.0 Å². The number of nitrogens with zero attached hydrogens (tertiary/aromatic N) is 2. The third-order valence-corrected chi connectivity index (χ3v) is 1.73. The number of carbonyl (C=O) groups excluding carboxylic acids is 1. The lowest BCUT2D eigenvalue weighted by Crippen LogP contribution is -2.11. The summed E-state index contributed by atoms with van der Waals surface area (Å²) in [5.74, 6) is -0.206. The maximum absolute atomic E-state index is 11.0. The summed E-state index contributed by atoms with van der Waals surface area (Å²) >= 11 is 5.65. The van der Waals surface area contributed by atoms with Crippen LogP contribution in [0, 0.1) is 0 Å². The molecule has 1 aromatic rings. The molecular weight excluding hydrogens is 218 g/mol. The van der Waals surface area contributed by atoms with Gasteiger partial charge in [0.15, 0.2) is 0 Å². The van der Waals surface area contributed by atoms with Crippen LogP contribution >= 0.6 is 11.6 Å². The summed E-state index contributed by atoms with van der Waals surface area (Å²) in [5, 5.41) is 13.9. The molecule has 0 aliphatic heterocycles. The Bertz CT molecular complexity index is 418. The Hall–Kier alpha value is -1.88. The fraction of sp³-hybridized carbons (Fsp3) is 0. The highest BCUT2D eigenvalue weighted by atomic mass is 35.5. The van der Waals surface area contributed by atoms with E-state index in [0.29, 0.717) is 5.56 Å². The highest BCUT2D eigenvalue weighted by Gasteiger charge is 2.05. The summed E-state index contributed by atoms with van der Waals surface area (Å²) in [6, 6.07) is 3.08. The molecule has 0 saturated carbocycles. The zero-order valence-electron chi connectivity index (χ0n) is 7.64. The van der Waals surface area contributed by atoms with Crippen molar-refractivity contribution in [3.05, 3.63) is 35.5 Å². The van der Waals surface area contributed by atoms with Crippen molar-refractivity contribution in [2.24, 2.45) is 5.16 Å². The van der Waals surface area contributed by atoms with Crippen LogP contribution in [-0.4, -0.2) is 22.3 Å². The number of nitrogens with one attached hydrogen (secondary N) is 1. The van der Waals surface area contributed by atoms with Crippen molar-refractivity contribution in [1.29, 1.82) is 0 Å². The molecule has 15 heavy (non-hydrogen) atoms. The van der Waals surface area contributed by atoms with E-state index in [-0.39, 0.29) is 11.0 Å². The fourth-order valence-corrected chi connectivity index (χ4v) is 1.03. The average Bonchev–Trinajstić information content (AvgIpc) is 2.22. The Morgan fingerprint density at radius 2 is 2.40 bits per heavy atom. The summed E-state index contributed by atoms with van der Waals surface area (Å²) in [7, 11) is 0. The van der Waals surface area contributed by atoms with Crippen LogP contribution < -0.4 is 5.32 Å². The van der Waals surface area contributed by atoms with Crippen molar-refractivity contribution < 1.29 is 10.0 Å². The number of halogens is 1. The highest BCUT2D eigenvalue weighted by Crippen LogP contribution is 2.14. The number of hydrogen-bond donors (Lipinski definition) is 2. The molecule has 1 aromatic heterocycles. The monoisotopic (exact) mass is 225 g/mol. The van der Waals surface area contributed by atoms with Crippen LogP contribution in [0.4, 0.5) is 5.82 Å². The molecular formula is C9H8ClN3O2. The Morgan fingerprint density at radius 1 is 1.67 bits per heavy atom. The number of hydrogen-bond acceptors (Lipinski definition) is 4. The molecule has 0 radical (unpaired) electrons. The lowest BCUT2D eigenvalue weighted by Gasteiger charge is -2.04. The molecule has 0 aliphatic rings. The Morgan fingerprint density at radius 3 is 3.00 bits per heavy atom. The van der Waals surface area contributed by atoms with Crippen molar-refractivity contribution in [3.63, 3.8) is 0 Å². The van der Waals surface area contributed by atoms with Crippen molar-refractivity contribution >= 4 is 29.5 Å². The zero-order chi connectivity index (χ0) is 11.3. The molecule has 2 N–H and O–H groups in total. The molecule has 0 bridgehead atoms. The van der Waals surface area contributed by atoms with Crippen LogP contribution in [0.3, 0.4) is 0 Å². The Balaban J connectivity index is 3.06. The van der Waals surface area contributed by atoms with Gasteiger partial charge in [0.25, 0.3) is 0 Å². The van der Waals surface area contributed by atoms with Gasteiger partial charge in [-0.1, -0.05) is 23.3 Å². The second-order valence-corrected chi connectivity index (χ2v) is 2.90. The van der Waals surface area contributed by atoms with E-state index in [0.717, 1.165) is 12.3 Å². The van der Waals surface area contributed by atoms with Gasteiger partial charge in [0, 0.05) is 5.56 Å². The maximum atomic E-state index is 11.0. The maximum Gasteiger partial charge on any atom is 0.248 e. The fourth-order valence-electron chi connectivity index (χ4n) is 0.880. The van der Waals surface area contributed by atoms with Crippen molar-refractivity contribution in [1.82, 2.24) is 4.98 Å². The minimum Gasteiger partial charge on any atom is -0.411 e. The van der Waals surface area contributed by atoms with E-state index in [9.17, 15) is 4.79 Å². The molecule has 0 aliphatic carbocycles. The average molecular weight is 226 g/mol. The second-order valence-electron chi connectivity index (χ2n) is 2.51. The predicted molar refractivity (Wildman–Crippen MR) is 57.5 cm³/mol. The highest BCUT2D eigenvalue weighted by molar-refractivity contribution is 6.29. The molecule has 1 amide bonds. The van der Waals surface area contributed by atoms with Crippen LogP contribution in [0.1, 0.15) is 5.56 Å². The summed E-state index contributed by atoms with van der Waals surface area (Å²) in [5.41, 5.74) is 0.442. The molecule has 0 aromatic carbocycles. The number of amides is 1. The lowest BCUT2D eigenvalue weighted by atomic mass is 10.3. The quantitative estimate of drug-likeness (QED) is 0.270. The normalized spacial score (nSPS) is 10.2. The summed E-state index contributed by atoms with van der Waals surface area (Å²) < 4.78 is 0. The molecule has 1 rings (SSSR count). The van der Waals surface area contributed by atoms with Crippen LogP contribution in [0.5, 0.6) is 0 Å². The molecule has 6 heteroatoms. The van der Waals surface area contributed by atoms with Crippen LogP contribution in [0.25, 0.3) is 0 Å². The van der Waals surface area contributed by atoms with E-state index >= 15 is 0 Å². The SMILES string of the molecule is C=CC(=O)Nc1nc(Cl)ccc1/C=N/O. The Labute approximate surface area is 91.1 Å². The van der Waals surface area contributed by atoms with Crippen molar-refractivity contribution in [2.75, 3.05) is 5.32 Å². The smallest absolute Gasteiger partial charge is 0.248 e. The molecule has 5 nitrogen and oxygen atoms in total. The van der Waals surface area contributed by atoms with E-state index in [1.165, 1.54) is 6.07 Å². The molecule has 0 saturated heterocycles. The first kappa shape index (κ1) is 11.2. The number of carbonyl (C=O) groups is 1. The number of rotatable bonds is 3. The summed E-state index contributed by atoms with van der Waals surface area (Å²) in [4.78, 5) is 14.9. The lowest BCUT2D eigenvalue weighted by molar-refractivity contribution is -0.111. The van der Waals surface area contributed by atoms with E-state index in [4.69, 9.17) is 16.8 Å². The van der Waals surface area contributed by atoms with Crippen molar-refractivity contribution in [3.8, 4) is 0 Å². The standard InChI is InChI=1S/C9H8ClN3O2/c1-2-8(14)13-9-6(5-11-15)3-4-7(10)12-9/h2-5,15H,1H2,(H,12,13,14)/b11-5+. The largest absolute Gasteiger partial charge is 0.411 e. The molecule has 0 atom stereocenters. The van der Waals surface area contributed by atoms with Gasteiger partial charge in [0.2, 0.25) is 5.91 Å². The third-order valence-electron chi connectivity index (χ3n) is 1.52. The van der Waals surface area contributed by atoms with E-state index in [2.05, 4.69) is 22.0 Å². The molecule has 0 fully saturated rings. The second kappa shape index (κ2) is 5.11. The van der Waals surface area contributed by atoms with Gasteiger partial charge in [-0.25, -0.2) is 4.98 Å². The topological polar surface area (TPSA) is 74.6 Å². The predicted octanol–water partition coefficient (Wildman–Crippen LogP) is 1.67. The molecule has 0 spiro atoms. The number of oxime groups is 1. The van der Waals surface area contributed by atoms with Crippen LogP contribution in [0.15, 0.2) is 29.9 Å². The molecule has 78 valence electrons. The number of pyridine rings is 1. The molecule has 1 heterocycles. The first-order valence-corrected chi connectivity index (χ1v) is 4.32. The van der Waals surface area contributed by atoms with Gasteiger partial charge in [-0.05, 0) is 18.2 Å². The third kappa shape index (κ3) is 3.07. The number of anilines is 1. The van der Waals surface area contributed by atoms with Gasteiger partial charge in [-0.15, -0.1) is 0 Å². The number of aromatic nitrogens is 1. The van der Waals surface area contributed by atoms with E-state index in [1.54, 1.807) is 6.07 Å². The molecule has 0 unspecified atom stereocenters. The van der Waals surface area contributed by atoms with Gasteiger partial charge >= 0.3 is 0 Å². The first-order valence-electron chi connectivity index (χ1n) is 3.94. The van der Waals surface area contributed by atoms with Crippen molar-refractivity contribution in [2.45, 2.75) is 0 Å². The summed E-state index contributed by atoms with van der Waals surface area (Å²) in [6.07, 6.45) is 2.24. The minimum absolute atomic E-state index is 0.213. The van der Waals surface area contributed by atoms with Gasteiger partial charge < -0.3 is 10.5 Å². The minimum atomic E-state index is -0.419. The van der Waals surface area contributed by atoms with Crippen LogP contribution in [0.2, 0.25) is 5.15 Å². The van der Waals surface area contributed by atoms with Gasteiger partial charge in [-0.3, -0.25) is 4.79 Å². The van der Waals surface area contributed by atoms with E-state index < -0.39 is 5.91 Å². The Kier molecular flexibility index (Phi) is 3.82. The van der Waals surface area contributed by atoms with E-state index in [1.807, 2.05) is 0 Å².